The first kappa shape index (κ1) is 5.06. The summed E-state index contributed by atoms with van der Waals surface area (Å²) in [6.45, 7) is 2.09. The predicted octanol–water partition coefficient (Wildman–Crippen LogP) is 0.669. The molecule has 0 N–H and O–H groups in total. The Morgan fingerprint density at radius 1 is 1.57 bits per heavy atom. The van der Waals surface area contributed by atoms with Crippen molar-refractivity contribution in [3.63, 3.8) is 0 Å². The highest BCUT2D eigenvalue weighted by atomic mass is 16.5. The van der Waals surface area contributed by atoms with Crippen LogP contribution >= 0.6 is 0 Å². The van der Waals surface area contributed by atoms with Crippen LogP contribution in [0.25, 0.3) is 0 Å². The van der Waals surface area contributed by atoms with Crippen LogP contribution in [0.3, 0.4) is 0 Å². The monoisotopic (exact) mass is 106 g/mol. The SMILES string of the molecule is [3H]CCOCCOC. The molecule has 2 nitrogen and oxygen atoms in total. The van der Waals surface area contributed by atoms with Gasteiger partial charge in [-0.25, -0.2) is 0 Å². The van der Waals surface area contributed by atoms with Crippen LogP contribution in [0, 0.1) is 0 Å². The molecule has 0 atom stereocenters. The standard InChI is InChI=1S/C5H12O2/c1-3-7-5-4-6-2/h3-5H2,1-2H3/i1T. The number of rotatable bonds is 4. The average Bonchev–Trinajstić information content (AvgIpc) is 1.81. The molecule has 0 aliphatic rings. The van der Waals surface area contributed by atoms with Gasteiger partial charge in [-0.3, -0.25) is 0 Å². The minimum atomic E-state index is 0.337. The highest BCUT2D eigenvalue weighted by molar-refractivity contribution is 4.21. The lowest BCUT2D eigenvalue weighted by molar-refractivity contribution is 0.0777. The van der Waals surface area contributed by atoms with Gasteiger partial charge in [0.05, 0.1) is 13.2 Å². The van der Waals surface area contributed by atoms with Crippen molar-refractivity contribution in [2.45, 2.75) is 6.90 Å². The molecule has 0 spiro atoms. The molecule has 0 unspecified atom stereocenters. The largest absolute Gasteiger partial charge is 0.382 e. The number of methoxy groups -OCH3 is 1. The van der Waals surface area contributed by atoms with E-state index in [1.807, 2.05) is 0 Å². The topological polar surface area (TPSA) is 18.5 Å². The Kier molecular flexibility index (Phi) is 4.28. The lowest BCUT2D eigenvalue weighted by atomic mass is 10.7. The van der Waals surface area contributed by atoms with Gasteiger partial charge in [-0.15, -0.1) is 0 Å². The van der Waals surface area contributed by atoms with Crippen molar-refractivity contribution >= 4 is 0 Å². The second-order valence-corrected chi connectivity index (χ2v) is 1.11. The second kappa shape index (κ2) is 5.92. The predicted molar refractivity (Wildman–Crippen MR) is 28.4 cm³/mol. The molecule has 0 aromatic heterocycles. The molecule has 0 bridgehead atoms. The molecule has 44 valence electrons. The third-order valence-corrected chi connectivity index (χ3v) is 0.576. The van der Waals surface area contributed by atoms with Crippen molar-refractivity contribution in [2.75, 3.05) is 26.9 Å². The van der Waals surface area contributed by atoms with E-state index in [1.54, 1.807) is 7.11 Å². The first-order chi connectivity index (χ1) is 3.91. The molecule has 0 saturated carbocycles. The van der Waals surface area contributed by atoms with Gasteiger partial charge < -0.3 is 9.47 Å². The van der Waals surface area contributed by atoms with E-state index in [2.05, 4.69) is 0 Å². The van der Waals surface area contributed by atoms with E-state index in [1.165, 1.54) is 0 Å². The van der Waals surface area contributed by atoms with E-state index >= 15 is 0 Å². The average molecular weight is 106 g/mol. The summed E-state index contributed by atoms with van der Waals surface area (Å²) < 4.78 is 16.3. The van der Waals surface area contributed by atoms with Gasteiger partial charge in [0.15, 0.2) is 0 Å². The summed E-state index contributed by atoms with van der Waals surface area (Å²) in [5.74, 6) is 0. The van der Waals surface area contributed by atoms with Crippen molar-refractivity contribution in [3.05, 3.63) is 0 Å². The Hall–Kier alpha value is -0.0800. The Labute approximate surface area is 45.8 Å². The van der Waals surface area contributed by atoms with Crippen LogP contribution in [0.1, 0.15) is 8.27 Å². The summed E-state index contributed by atoms with van der Waals surface area (Å²) in [5, 5.41) is 0. The van der Waals surface area contributed by atoms with Crippen molar-refractivity contribution in [2.24, 2.45) is 0 Å². The molecule has 0 aliphatic carbocycles. The minimum Gasteiger partial charge on any atom is -0.382 e. The Morgan fingerprint density at radius 3 is 3.00 bits per heavy atom. The fourth-order valence-electron chi connectivity index (χ4n) is 0.244. The van der Waals surface area contributed by atoms with Gasteiger partial charge in [-0.05, 0) is 6.90 Å². The number of hydrogen-bond donors (Lipinski definition) is 0. The van der Waals surface area contributed by atoms with Crippen molar-refractivity contribution < 1.29 is 10.8 Å². The maximum absolute atomic E-state index is 6.67. The molecule has 0 saturated heterocycles. The van der Waals surface area contributed by atoms with Gasteiger partial charge in [0, 0.05) is 15.1 Å². The zero-order chi connectivity index (χ0) is 6.24. The summed E-state index contributed by atoms with van der Waals surface area (Å²) in [6, 6.07) is 0. The molecule has 0 aliphatic heterocycles. The second-order valence-electron chi connectivity index (χ2n) is 1.11. The van der Waals surface area contributed by atoms with Crippen molar-refractivity contribution in [3.8, 4) is 0 Å². The summed E-state index contributed by atoms with van der Waals surface area (Å²) in [4.78, 5) is 0. The van der Waals surface area contributed by atoms with Crippen LogP contribution in [-0.2, 0) is 9.47 Å². The minimum absolute atomic E-state index is 0.337. The van der Waals surface area contributed by atoms with Gasteiger partial charge in [0.25, 0.3) is 0 Å². The molecular formula is C5H12O2. The fraction of sp³-hybridized carbons (Fsp3) is 1.00. The van der Waals surface area contributed by atoms with E-state index in [-0.39, 0.29) is 0 Å². The molecule has 0 aromatic rings. The highest BCUT2D eigenvalue weighted by Gasteiger charge is 1.78. The summed E-state index contributed by atoms with van der Waals surface area (Å²) >= 11 is 0. The van der Waals surface area contributed by atoms with Gasteiger partial charge in [-0.1, -0.05) is 0 Å². The number of ether oxygens (including phenoxy) is 2. The van der Waals surface area contributed by atoms with E-state index in [9.17, 15) is 0 Å². The van der Waals surface area contributed by atoms with Gasteiger partial charge in [0.1, 0.15) is 0 Å². The molecule has 0 heterocycles. The zero-order valence-corrected chi connectivity index (χ0v) is 4.64. The lowest BCUT2D eigenvalue weighted by Crippen LogP contribution is -2.00. The Bertz CT molecular complexity index is 35.4. The third-order valence-electron chi connectivity index (χ3n) is 0.576. The lowest BCUT2D eigenvalue weighted by Gasteiger charge is -1.96. The maximum Gasteiger partial charge on any atom is 0.0700 e. The summed E-state index contributed by atoms with van der Waals surface area (Å²) in [7, 11) is 1.63. The maximum atomic E-state index is 6.67. The first-order valence-electron chi connectivity index (χ1n) is 2.98. The highest BCUT2D eigenvalue weighted by Crippen LogP contribution is 1.71. The van der Waals surface area contributed by atoms with Crippen LogP contribution in [0.15, 0.2) is 0 Å². The Balaban J connectivity index is 2.53. The quantitative estimate of drug-likeness (QED) is 0.490. The molecule has 0 fully saturated rings. The van der Waals surface area contributed by atoms with Crippen LogP contribution < -0.4 is 0 Å². The summed E-state index contributed by atoms with van der Waals surface area (Å²) in [6.07, 6.45) is 0. The Morgan fingerprint density at radius 2 is 2.43 bits per heavy atom. The van der Waals surface area contributed by atoms with Crippen LogP contribution in [-0.4, -0.2) is 26.9 Å². The first-order valence-corrected chi connectivity index (χ1v) is 2.27. The van der Waals surface area contributed by atoms with Crippen molar-refractivity contribution in [1.29, 1.82) is 0 Å². The summed E-state index contributed by atoms with van der Waals surface area (Å²) in [5.41, 5.74) is 0. The van der Waals surface area contributed by atoms with Crippen LogP contribution in [0.5, 0.6) is 0 Å². The molecule has 0 aromatic carbocycles. The smallest absolute Gasteiger partial charge is 0.0700 e. The van der Waals surface area contributed by atoms with Gasteiger partial charge in [0.2, 0.25) is 0 Å². The molecule has 0 radical (unpaired) electrons. The van der Waals surface area contributed by atoms with E-state index < -0.39 is 0 Å². The zero-order valence-electron chi connectivity index (χ0n) is 5.64. The van der Waals surface area contributed by atoms with Gasteiger partial charge >= 0.3 is 0 Å². The van der Waals surface area contributed by atoms with Crippen LogP contribution in [0.2, 0.25) is 0 Å². The molecule has 0 amide bonds. The van der Waals surface area contributed by atoms with E-state index in [4.69, 9.17) is 10.8 Å². The van der Waals surface area contributed by atoms with Crippen molar-refractivity contribution in [1.82, 2.24) is 0 Å². The molecule has 0 rings (SSSR count). The fourth-order valence-corrected chi connectivity index (χ4v) is 0.244. The third kappa shape index (κ3) is 5.92. The molecule has 2 heteroatoms. The molecular weight excluding hydrogens is 92.1 g/mol. The molecule has 7 heavy (non-hydrogen) atoms. The number of hydrogen-bond acceptors (Lipinski definition) is 2. The van der Waals surface area contributed by atoms with E-state index in [0.717, 1.165) is 0 Å². The van der Waals surface area contributed by atoms with Crippen LogP contribution in [0.4, 0.5) is 0 Å². The normalized spacial score (nSPS) is 11.3. The van der Waals surface area contributed by atoms with Gasteiger partial charge in [-0.2, -0.15) is 0 Å². The van der Waals surface area contributed by atoms with E-state index in [0.29, 0.717) is 26.7 Å².